The van der Waals surface area contributed by atoms with E-state index in [0.29, 0.717) is 5.69 Å². The van der Waals surface area contributed by atoms with Gasteiger partial charge < -0.3 is 10.4 Å². The van der Waals surface area contributed by atoms with E-state index in [2.05, 4.69) is 10.3 Å². The Kier molecular flexibility index (Phi) is 4.20. The highest BCUT2D eigenvalue weighted by Crippen LogP contribution is 2.13. The Morgan fingerprint density at radius 3 is 2.65 bits per heavy atom. The van der Waals surface area contributed by atoms with Gasteiger partial charge in [0.15, 0.2) is 0 Å². The lowest BCUT2D eigenvalue weighted by molar-refractivity contribution is -0.146. The third-order valence-electron chi connectivity index (χ3n) is 2.37. The van der Waals surface area contributed by atoms with Crippen molar-refractivity contribution in [2.45, 2.75) is 20.3 Å². The number of hydrogen-bond acceptors (Lipinski definition) is 3. The van der Waals surface area contributed by atoms with Crippen LogP contribution in [0.3, 0.4) is 0 Å². The second kappa shape index (κ2) is 5.43. The zero-order chi connectivity index (χ0) is 12.9. The van der Waals surface area contributed by atoms with Crippen LogP contribution >= 0.6 is 0 Å². The SMILES string of the molecule is CC(C)(CNC(=O)Cc1ccccn1)C(=O)O. The van der Waals surface area contributed by atoms with Crippen molar-refractivity contribution in [3.8, 4) is 0 Å². The summed E-state index contributed by atoms with van der Waals surface area (Å²) in [6.45, 7) is 3.24. The van der Waals surface area contributed by atoms with E-state index in [1.807, 2.05) is 0 Å². The molecular weight excluding hydrogens is 220 g/mol. The molecule has 0 fully saturated rings. The van der Waals surface area contributed by atoms with Crippen LogP contribution in [0.2, 0.25) is 0 Å². The maximum Gasteiger partial charge on any atom is 0.310 e. The molecule has 0 atom stereocenters. The van der Waals surface area contributed by atoms with Crippen LogP contribution in [0.5, 0.6) is 0 Å². The maximum atomic E-state index is 11.5. The summed E-state index contributed by atoms with van der Waals surface area (Å²) in [4.78, 5) is 26.4. The molecule has 5 heteroatoms. The van der Waals surface area contributed by atoms with Gasteiger partial charge in [0.1, 0.15) is 0 Å². The Bertz CT molecular complexity index is 401. The first kappa shape index (κ1) is 13.2. The summed E-state index contributed by atoms with van der Waals surface area (Å²) in [5.41, 5.74) is -0.294. The van der Waals surface area contributed by atoms with Crippen molar-refractivity contribution in [2.75, 3.05) is 6.54 Å². The summed E-state index contributed by atoms with van der Waals surface area (Å²) >= 11 is 0. The van der Waals surface area contributed by atoms with E-state index in [9.17, 15) is 9.59 Å². The number of carboxylic acids is 1. The highest BCUT2D eigenvalue weighted by molar-refractivity contribution is 5.80. The van der Waals surface area contributed by atoms with Gasteiger partial charge in [-0.15, -0.1) is 0 Å². The van der Waals surface area contributed by atoms with Gasteiger partial charge in [0.2, 0.25) is 5.91 Å². The number of rotatable bonds is 5. The number of nitrogens with zero attached hydrogens (tertiary/aromatic N) is 1. The molecule has 1 heterocycles. The molecule has 0 radical (unpaired) electrons. The molecule has 1 aromatic rings. The van der Waals surface area contributed by atoms with Gasteiger partial charge in [-0.3, -0.25) is 14.6 Å². The Morgan fingerprint density at radius 1 is 1.41 bits per heavy atom. The topological polar surface area (TPSA) is 79.3 Å². The van der Waals surface area contributed by atoms with Crippen LogP contribution in [0.15, 0.2) is 24.4 Å². The highest BCUT2D eigenvalue weighted by atomic mass is 16.4. The zero-order valence-electron chi connectivity index (χ0n) is 9.93. The number of carbonyl (C=O) groups is 2. The van der Waals surface area contributed by atoms with Crippen molar-refractivity contribution in [3.63, 3.8) is 0 Å². The zero-order valence-corrected chi connectivity index (χ0v) is 9.93. The van der Waals surface area contributed by atoms with E-state index < -0.39 is 11.4 Å². The maximum absolute atomic E-state index is 11.5. The normalized spacial score (nSPS) is 10.9. The Labute approximate surface area is 99.9 Å². The van der Waals surface area contributed by atoms with Crippen molar-refractivity contribution >= 4 is 11.9 Å². The molecular formula is C12H16N2O3. The van der Waals surface area contributed by atoms with Crippen molar-refractivity contribution in [1.82, 2.24) is 10.3 Å². The fraction of sp³-hybridized carbons (Fsp3) is 0.417. The van der Waals surface area contributed by atoms with Crippen LogP contribution in [-0.2, 0) is 16.0 Å². The van der Waals surface area contributed by atoms with Gasteiger partial charge in [0, 0.05) is 18.4 Å². The molecule has 0 aliphatic carbocycles. The summed E-state index contributed by atoms with van der Waals surface area (Å²) in [6, 6.07) is 5.33. The smallest absolute Gasteiger partial charge is 0.310 e. The highest BCUT2D eigenvalue weighted by Gasteiger charge is 2.27. The molecule has 0 saturated heterocycles. The van der Waals surface area contributed by atoms with Crippen molar-refractivity contribution in [2.24, 2.45) is 5.41 Å². The van der Waals surface area contributed by atoms with E-state index in [1.165, 1.54) is 0 Å². The molecule has 0 saturated carbocycles. The molecule has 92 valence electrons. The molecule has 17 heavy (non-hydrogen) atoms. The molecule has 0 spiro atoms. The number of amides is 1. The Balaban J connectivity index is 2.44. The second-order valence-corrected chi connectivity index (χ2v) is 4.46. The number of carbonyl (C=O) groups excluding carboxylic acids is 1. The van der Waals surface area contributed by atoms with E-state index in [-0.39, 0.29) is 18.9 Å². The first-order chi connectivity index (χ1) is 7.92. The minimum Gasteiger partial charge on any atom is -0.481 e. The van der Waals surface area contributed by atoms with Crippen LogP contribution in [0.25, 0.3) is 0 Å². The van der Waals surface area contributed by atoms with E-state index in [0.717, 1.165) is 0 Å². The van der Waals surface area contributed by atoms with E-state index in [4.69, 9.17) is 5.11 Å². The number of pyridine rings is 1. The summed E-state index contributed by atoms with van der Waals surface area (Å²) < 4.78 is 0. The number of aromatic nitrogens is 1. The molecule has 0 aromatic carbocycles. The van der Waals surface area contributed by atoms with Crippen molar-refractivity contribution in [3.05, 3.63) is 30.1 Å². The molecule has 0 unspecified atom stereocenters. The monoisotopic (exact) mass is 236 g/mol. The van der Waals surface area contributed by atoms with Crippen molar-refractivity contribution < 1.29 is 14.7 Å². The summed E-state index contributed by atoms with van der Waals surface area (Å²) in [5.74, 6) is -1.16. The van der Waals surface area contributed by atoms with E-state index >= 15 is 0 Å². The fourth-order valence-electron chi connectivity index (χ4n) is 1.12. The Morgan fingerprint density at radius 2 is 2.12 bits per heavy atom. The van der Waals surface area contributed by atoms with Crippen LogP contribution in [0.1, 0.15) is 19.5 Å². The van der Waals surface area contributed by atoms with Crippen LogP contribution in [0, 0.1) is 5.41 Å². The lowest BCUT2D eigenvalue weighted by atomic mass is 9.94. The molecule has 0 bridgehead atoms. The summed E-state index contributed by atoms with van der Waals surface area (Å²) in [7, 11) is 0. The molecule has 0 aliphatic rings. The minimum atomic E-state index is -0.959. The first-order valence-corrected chi connectivity index (χ1v) is 5.32. The molecule has 5 nitrogen and oxygen atoms in total. The molecule has 2 N–H and O–H groups in total. The minimum absolute atomic E-state index is 0.105. The van der Waals surface area contributed by atoms with Gasteiger partial charge in [0.05, 0.1) is 11.8 Å². The standard InChI is InChI=1S/C12H16N2O3/c1-12(2,11(16)17)8-14-10(15)7-9-5-3-4-6-13-9/h3-6H,7-8H2,1-2H3,(H,14,15)(H,16,17). The van der Waals surface area contributed by atoms with Crippen LogP contribution in [0.4, 0.5) is 0 Å². The average Bonchev–Trinajstić information content (AvgIpc) is 2.28. The van der Waals surface area contributed by atoms with Crippen LogP contribution in [-0.4, -0.2) is 28.5 Å². The van der Waals surface area contributed by atoms with Crippen molar-refractivity contribution in [1.29, 1.82) is 0 Å². The van der Waals surface area contributed by atoms with Gasteiger partial charge in [-0.1, -0.05) is 6.07 Å². The van der Waals surface area contributed by atoms with Gasteiger partial charge in [-0.2, -0.15) is 0 Å². The quantitative estimate of drug-likeness (QED) is 0.794. The molecule has 0 aliphatic heterocycles. The summed E-state index contributed by atoms with van der Waals surface area (Å²) in [5, 5.41) is 11.5. The van der Waals surface area contributed by atoms with Crippen LogP contribution < -0.4 is 5.32 Å². The van der Waals surface area contributed by atoms with Gasteiger partial charge in [-0.05, 0) is 26.0 Å². The predicted molar refractivity (Wildman–Crippen MR) is 62.4 cm³/mol. The molecule has 1 rings (SSSR count). The number of carboxylic acid groups (broad SMARTS) is 1. The fourth-order valence-corrected chi connectivity index (χ4v) is 1.12. The molecule has 1 aromatic heterocycles. The predicted octanol–water partition coefficient (Wildman–Crippen LogP) is 0.851. The van der Waals surface area contributed by atoms with Gasteiger partial charge in [-0.25, -0.2) is 0 Å². The van der Waals surface area contributed by atoms with E-state index in [1.54, 1.807) is 38.2 Å². The molecule has 1 amide bonds. The lowest BCUT2D eigenvalue weighted by Crippen LogP contribution is -2.39. The number of nitrogens with one attached hydrogen (secondary N) is 1. The summed E-state index contributed by atoms with van der Waals surface area (Å²) in [6.07, 6.45) is 1.78. The van der Waals surface area contributed by atoms with Gasteiger partial charge >= 0.3 is 5.97 Å². The third kappa shape index (κ3) is 4.22. The number of hydrogen-bond donors (Lipinski definition) is 2. The second-order valence-electron chi connectivity index (χ2n) is 4.46. The largest absolute Gasteiger partial charge is 0.481 e. The Hall–Kier alpha value is -1.91. The third-order valence-corrected chi connectivity index (χ3v) is 2.37. The number of aliphatic carboxylic acids is 1. The first-order valence-electron chi connectivity index (χ1n) is 5.32. The van der Waals surface area contributed by atoms with Gasteiger partial charge in [0.25, 0.3) is 0 Å². The lowest BCUT2D eigenvalue weighted by Gasteiger charge is -2.19. The average molecular weight is 236 g/mol.